The Hall–Kier alpha value is -2.14. The molecule has 0 bridgehead atoms. The number of nitrogens with two attached hydrogens (primary N) is 1. The lowest BCUT2D eigenvalue weighted by Gasteiger charge is -2.37. The number of alkyl halides is 1. The molecule has 110 valence electrons. The van der Waals surface area contributed by atoms with Gasteiger partial charge in [0.1, 0.15) is 22.9 Å². The molecule has 0 saturated heterocycles. The van der Waals surface area contributed by atoms with Gasteiger partial charge in [0.25, 0.3) is 0 Å². The summed E-state index contributed by atoms with van der Waals surface area (Å²) in [6, 6.07) is 8.24. The maximum Gasteiger partial charge on any atom is 0.312 e. The zero-order valence-electron chi connectivity index (χ0n) is 10.9. The first kappa shape index (κ1) is 15.3. The van der Waals surface area contributed by atoms with Gasteiger partial charge in [0.05, 0.1) is 5.70 Å². The van der Waals surface area contributed by atoms with E-state index in [0.29, 0.717) is 11.8 Å². The number of aliphatic carboxylic acids is 1. The van der Waals surface area contributed by atoms with E-state index in [4.69, 9.17) is 17.3 Å². The molecule has 0 radical (unpaired) electrons. The first-order valence-electron chi connectivity index (χ1n) is 6.20. The van der Waals surface area contributed by atoms with E-state index in [2.05, 4.69) is 0 Å². The Labute approximate surface area is 125 Å². The Bertz CT molecular complexity index is 642. The lowest BCUT2D eigenvalue weighted by atomic mass is 9.74. The summed E-state index contributed by atoms with van der Waals surface area (Å²) in [5.41, 5.74) is 5.47. The second-order valence-corrected chi connectivity index (χ2v) is 5.28. The van der Waals surface area contributed by atoms with Crippen LogP contribution in [-0.4, -0.2) is 17.4 Å². The van der Waals surface area contributed by atoms with E-state index in [1.807, 2.05) is 0 Å². The van der Waals surface area contributed by atoms with Crippen LogP contribution < -0.4 is 5.73 Å². The van der Waals surface area contributed by atoms with Crippen LogP contribution in [0.1, 0.15) is 12.0 Å². The number of halogens is 2. The fourth-order valence-electron chi connectivity index (χ4n) is 2.49. The summed E-state index contributed by atoms with van der Waals surface area (Å²) in [4.78, 5) is 20.7. The summed E-state index contributed by atoms with van der Waals surface area (Å²) in [7, 11) is 0. The molecule has 3 N–H and O–H groups in total. The van der Waals surface area contributed by atoms with E-state index in [-0.39, 0.29) is 17.7 Å². The Morgan fingerprint density at radius 1 is 1.43 bits per heavy atom. The number of hydrogen-bond donors (Lipinski definition) is 2. The van der Waals surface area contributed by atoms with Crippen LogP contribution in [0.3, 0.4) is 0 Å². The predicted molar refractivity (Wildman–Crippen MR) is 76.2 cm³/mol. The molecule has 4 nitrogen and oxygen atoms in total. The van der Waals surface area contributed by atoms with Crippen LogP contribution in [0.4, 0.5) is 4.39 Å². The van der Waals surface area contributed by atoms with Gasteiger partial charge in [-0.25, -0.2) is 4.39 Å². The lowest BCUT2D eigenvalue weighted by molar-refractivity contribution is -0.141. The third kappa shape index (κ3) is 2.45. The fourth-order valence-corrected chi connectivity index (χ4v) is 2.93. The highest BCUT2D eigenvalue weighted by atomic mass is 35.5. The van der Waals surface area contributed by atoms with Crippen LogP contribution in [-0.2, 0) is 14.5 Å². The largest absolute Gasteiger partial charge is 0.481 e. The van der Waals surface area contributed by atoms with Crippen molar-refractivity contribution < 1.29 is 19.1 Å². The molecule has 2 atom stereocenters. The molecule has 0 saturated carbocycles. The highest BCUT2D eigenvalue weighted by Crippen LogP contribution is 2.50. The number of hydrogen-bond acceptors (Lipinski definition) is 3. The average Bonchev–Trinajstić information content (AvgIpc) is 2.48. The fraction of sp³-hybridized carbons (Fsp3) is 0.200. The van der Waals surface area contributed by atoms with Crippen molar-refractivity contribution >= 4 is 23.9 Å². The molecule has 0 fully saturated rings. The molecule has 6 heteroatoms. The van der Waals surface area contributed by atoms with E-state index < -0.39 is 22.6 Å². The van der Waals surface area contributed by atoms with Crippen molar-refractivity contribution in [3.63, 3.8) is 0 Å². The SMILES string of the molecule is NC1=CC(C(=O)O)C(Cl)(c2ccccc2)C(CC=O)=C1F. The predicted octanol–water partition coefficient (Wildman–Crippen LogP) is 2.49. The minimum Gasteiger partial charge on any atom is -0.481 e. The number of aldehydes is 1. The van der Waals surface area contributed by atoms with Crippen molar-refractivity contribution in [1.29, 1.82) is 0 Å². The van der Waals surface area contributed by atoms with Gasteiger partial charge >= 0.3 is 5.97 Å². The maximum atomic E-state index is 14.3. The Kier molecular flexibility index (Phi) is 4.14. The monoisotopic (exact) mass is 309 g/mol. The highest BCUT2D eigenvalue weighted by Gasteiger charge is 2.49. The van der Waals surface area contributed by atoms with Gasteiger partial charge in [0.2, 0.25) is 0 Å². The van der Waals surface area contributed by atoms with Crippen molar-refractivity contribution in [3.8, 4) is 0 Å². The molecule has 0 heterocycles. The number of rotatable bonds is 4. The Balaban J connectivity index is 2.72. The second-order valence-electron chi connectivity index (χ2n) is 4.68. The third-order valence-corrected chi connectivity index (χ3v) is 4.16. The number of carbonyl (C=O) groups excluding carboxylic acids is 1. The van der Waals surface area contributed by atoms with Crippen LogP contribution >= 0.6 is 11.6 Å². The average molecular weight is 310 g/mol. The van der Waals surface area contributed by atoms with Crippen molar-refractivity contribution in [2.45, 2.75) is 11.3 Å². The Morgan fingerprint density at radius 2 is 2.05 bits per heavy atom. The van der Waals surface area contributed by atoms with Crippen LogP contribution in [0.25, 0.3) is 0 Å². The highest BCUT2D eigenvalue weighted by molar-refractivity contribution is 6.28. The molecule has 21 heavy (non-hydrogen) atoms. The molecule has 1 aliphatic carbocycles. The van der Waals surface area contributed by atoms with Crippen LogP contribution in [0.15, 0.2) is 53.5 Å². The summed E-state index contributed by atoms with van der Waals surface area (Å²) in [6.07, 6.45) is 1.22. The van der Waals surface area contributed by atoms with Gasteiger partial charge in [-0.15, -0.1) is 11.6 Å². The summed E-state index contributed by atoms with van der Waals surface area (Å²) in [6.45, 7) is 0. The lowest BCUT2D eigenvalue weighted by Crippen LogP contribution is -2.40. The summed E-state index contributed by atoms with van der Waals surface area (Å²) < 4.78 is 14.3. The zero-order valence-corrected chi connectivity index (χ0v) is 11.7. The number of carboxylic acids is 1. The van der Waals surface area contributed by atoms with E-state index in [1.165, 1.54) is 0 Å². The van der Waals surface area contributed by atoms with Crippen molar-refractivity contribution in [3.05, 3.63) is 59.1 Å². The molecule has 1 aromatic rings. The molecule has 0 aromatic heterocycles. The van der Waals surface area contributed by atoms with Crippen molar-refractivity contribution in [2.75, 3.05) is 0 Å². The van der Waals surface area contributed by atoms with Gasteiger partial charge in [0.15, 0.2) is 0 Å². The van der Waals surface area contributed by atoms with Crippen molar-refractivity contribution in [2.24, 2.45) is 11.7 Å². The Morgan fingerprint density at radius 3 is 2.57 bits per heavy atom. The topological polar surface area (TPSA) is 80.4 Å². The number of allylic oxidation sites excluding steroid dienone is 2. The number of benzene rings is 1. The van der Waals surface area contributed by atoms with Crippen LogP contribution in [0.5, 0.6) is 0 Å². The number of carbonyl (C=O) groups is 2. The maximum absolute atomic E-state index is 14.3. The molecule has 0 amide bonds. The third-order valence-electron chi connectivity index (χ3n) is 3.48. The molecular formula is C15H13ClFNO3. The number of carboxylic acid groups (broad SMARTS) is 1. The van der Waals surface area contributed by atoms with Crippen LogP contribution in [0.2, 0.25) is 0 Å². The normalized spacial score (nSPS) is 25.4. The standard InChI is InChI=1S/C15H13ClFNO3/c16-15(9-4-2-1-3-5-9)10(6-7-19)13(17)12(18)8-11(15)14(20)21/h1-5,7-8,11H,6,18H2,(H,20,21). The quantitative estimate of drug-likeness (QED) is 0.661. The van der Waals surface area contributed by atoms with Gasteiger partial charge < -0.3 is 15.6 Å². The molecular weight excluding hydrogens is 297 g/mol. The van der Waals surface area contributed by atoms with E-state index >= 15 is 0 Å². The molecule has 2 rings (SSSR count). The summed E-state index contributed by atoms with van der Waals surface area (Å²) in [5.74, 6) is -3.35. The second kappa shape index (κ2) is 5.69. The van der Waals surface area contributed by atoms with Crippen LogP contribution in [0, 0.1) is 5.92 Å². The zero-order chi connectivity index (χ0) is 15.6. The molecule has 1 aromatic carbocycles. The van der Waals surface area contributed by atoms with Gasteiger partial charge in [0, 0.05) is 12.0 Å². The minimum absolute atomic E-state index is 0.127. The summed E-state index contributed by atoms with van der Waals surface area (Å²) in [5, 5.41) is 9.41. The van der Waals surface area contributed by atoms with Gasteiger partial charge in [-0.3, -0.25) is 4.79 Å². The molecule has 0 aliphatic heterocycles. The molecule has 0 spiro atoms. The minimum atomic E-state index is -1.68. The molecule has 1 aliphatic rings. The van der Waals surface area contributed by atoms with Gasteiger partial charge in [-0.1, -0.05) is 30.3 Å². The van der Waals surface area contributed by atoms with E-state index in [9.17, 15) is 19.1 Å². The van der Waals surface area contributed by atoms with Gasteiger partial charge in [-0.2, -0.15) is 0 Å². The smallest absolute Gasteiger partial charge is 0.312 e. The van der Waals surface area contributed by atoms with E-state index in [0.717, 1.165) is 6.08 Å². The molecule has 2 unspecified atom stereocenters. The van der Waals surface area contributed by atoms with Crippen molar-refractivity contribution in [1.82, 2.24) is 0 Å². The summed E-state index contributed by atoms with van der Waals surface area (Å²) >= 11 is 6.53. The van der Waals surface area contributed by atoms with Gasteiger partial charge in [-0.05, 0) is 11.6 Å². The van der Waals surface area contributed by atoms with E-state index in [1.54, 1.807) is 30.3 Å². The first-order chi connectivity index (χ1) is 9.92. The first-order valence-corrected chi connectivity index (χ1v) is 6.58.